The van der Waals surface area contributed by atoms with Gasteiger partial charge in [-0.1, -0.05) is 12.8 Å². The number of piperidine rings is 1. The minimum atomic E-state index is 0.0755. The van der Waals surface area contributed by atoms with E-state index in [9.17, 15) is 5.26 Å². The van der Waals surface area contributed by atoms with Gasteiger partial charge in [0.1, 0.15) is 0 Å². The molecule has 0 spiro atoms. The van der Waals surface area contributed by atoms with Gasteiger partial charge in [-0.3, -0.25) is 0 Å². The molecule has 2 aliphatic rings. The molecule has 1 saturated carbocycles. The van der Waals surface area contributed by atoms with Crippen LogP contribution < -0.4 is 0 Å². The topological polar surface area (TPSA) is 30.3 Å². The second-order valence-corrected chi connectivity index (χ2v) is 6.72. The molecule has 0 aromatic carbocycles. The van der Waals surface area contributed by atoms with Gasteiger partial charge in [0.2, 0.25) is 0 Å². The molecular weight excluding hydrogens is 234 g/mol. The van der Waals surface area contributed by atoms with Crippen molar-refractivity contribution < 1.29 is 0 Å². The maximum absolute atomic E-state index is 9.21. The fourth-order valence-electron chi connectivity index (χ4n) is 3.46. The first-order valence-electron chi connectivity index (χ1n) is 7.95. The molecule has 0 aromatic heterocycles. The van der Waals surface area contributed by atoms with Gasteiger partial charge >= 0.3 is 0 Å². The Kier molecular flexibility index (Phi) is 5.24. The molecule has 0 atom stereocenters. The van der Waals surface area contributed by atoms with E-state index in [1.54, 1.807) is 0 Å². The summed E-state index contributed by atoms with van der Waals surface area (Å²) >= 11 is 0. The molecule has 0 N–H and O–H groups in total. The molecule has 0 unspecified atom stereocenters. The highest BCUT2D eigenvalue weighted by molar-refractivity contribution is 5.04. The van der Waals surface area contributed by atoms with E-state index in [4.69, 9.17) is 0 Å². The fourth-order valence-corrected chi connectivity index (χ4v) is 3.46. The monoisotopic (exact) mass is 263 g/mol. The molecule has 3 nitrogen and oxygen atoms in total. The van der Waals surface area contributed by atoms with Crippen molar-refractivity contribution in [2.45, 2.75) is 57.4 Å². The smallest absolute Gasteiger partial charge is 0.0689 e. The van der Waals surface area contributed by atoms with Crippen molar-refractivity contribution in [2.24, 2.45) is 5.41 Å². The van der Waals surface area contributed by atoms with Crippen molar-refractivity contribution in [3.8, 4) is 6.07 Å². The molecule has 1 aliphatic heterocycles. The van der Waals surface area contributed by atoms with Gasteiger partial charge in [0.25, 0.3) is 0 Å². The molecule has 0 bridgehead atoms. The molecule has 2 fully saturated rings. The molecule has 19 heavy (non-hydrogen) atoms. The van der Waals surface area contributed by atoms with Crippen molar-refractivity contribution in [1.82, 2.24) is 9.80 Å². The zero-order chi connectivity index (χ0) is 13.7. The Labute approximate surface area is 118 Å². The summed E-state index contributed by atoms with van der Waals surface area (Å²) in [6.45, 7) is 3.69. The minimum Gasteiger partial charge on any atom is -0.306 e. The molecule has 0 amide bonds. The van der Waals surface area contributed by atoms with E-state index < -0.39 is 0 Å². The van der Waals surface area contributed by atoms with Crippen LogP contribution in [0.5, 0.6) is 0 Å². The van der Waals surface area contributed by atoms with Crippen molar-refractivity contribution in [3.63, 3.8) is 0 Å². The summed E-state index contributed by atoms with van der Waals surface area (Å²) in [4.78, 5) is 4.98. The van der Waals surface area contributed by atoms with Crippen molar-refractivity contribution in [2.75, 3.05) is 33.7 Å². The highest BCUT2D eigenvalue weighted by Crippen LogP contribution is 2.44. The Bertz CT molecular complexity index is 308. The summed E-state index contributed by atoms with van der Waals surface area (Å²) < 4.78 is 0. The number of unbranched alkanes of at least 4 members (excludes halogenated alkanes) is 1. The second kappa shape index (κ2) is 6.72. The second-order valence-electron chi connectivity index (χ2n) is 6.72. The van der Waals surface area contributed by atoms with Gasteiger partial charge < -0.3 is 9.80 Å². The maximum atomic E-state index is 9.21. The molecule has 1 heterocycles. The lowest BCUT2D eigenvalue weighted by atomic mass is 9.67. The molecular formula is C16H29N3. The number of nitriles is 1. The predicted octanol–water partition coefficient (Wildman–Crippen LogP) is 2.88. The lowest BCUT2D eigenvalue weighted by molar-refractivity contribution is 0.138. The number of nitrogens with zero attached hydrogens (tertiary/aromatic N) is 3. The highest BCUT2D eigenvalue weighted by Gasteiger charge is 2.36. The van der Waals surface area contributed by atoms with Crippen LogP contribution in [-0.4, -0.2) is 49.6 Å². The van der Waals surface area contributed by atoms with Crippen molar-refractivity contribution in [3.05, 3.63) is 0 Å². The maximum Gasteiger partial charge on any atom is 0.0689 e. The number of hydrogen-bond donors (Lipinski definition) is 0. The average molecular weight is 263 g/mol. The van der Waals surface area contributed by atoms with Crippen LogP contribution in [0.4, 0.5) is 0 Å². The third-order valence-corrected chi connectivity index (χ3v) is 5.28. The van der Waals surface area contributed by atoms with Crippen LogP contribution in [0.25, 0.3) is 0 Å². The van der Waals surface area contributed by atoms with E-state index in [2.05, 4.69) is 30.0 Å². The van der Waals surface area contributed by atoms with Crippen LogP contribution in [0.2, 0.25) is 0 Å². The van der Waals surface area contributed by atoms with E-state index in [-0.39, 0.29) is 5.41 Å². The van der Waals surface area contributed by atoms with Gasteiger partial charge in [-0.15, -0.1) is 0 Å². The number of rotatable bonds is 6. The summed E-state index contributed by atoms with van der Waals surface area (Å²) in [7, 11) is 4.50. The lowest BCUT2D eigenvalue weighted by Crippen LogP contribution is -2.42. The van der Waals surface area contributed by atoms with Gasteiger partial charge in [0, 0.05) is 6.04 Å². The first kappa shape index (κ1) is 14.8. The van der Waals surface area contributed by atoms with E-state index in [0.717, 1.165) is 25.3 Å². The third-order valence-electron chi connectivity index (χ3n) is 5.28. The van der Waals surface area contributed by atoms with E-state index in [1.807, 2.05) is 0 Å². The number of hydrogen-bond acceptors (Lipinski definition) is 3. The Morgan fingerprint density at radius 3 is 2.47 bits per heavy atom. The van der Waals surface area contributed by atoms with Crippen LogP contribution in [0.3, 0.4) is 0 Å². The van der Waals surface area contributed by atoms with E-state index >= 15 is 0 Å². The Morgan fingerprint density at radius 2 is 1.95 bits per heavy atom. The minimum absolute atomic E-state index is 0.0755. The highest BCUT2D eigenvalue weighted by atomic mass is 15.2. The largest absolute Gasteiger partial charge is 0.306 e. The molecule has 3 heteroatoms. The van der Waals surface area contributed by atoms with Gasteiger partial charge in [0.15, 0.2) is 0 Å². The zero-order valence-corrected chi connectivity index (χ0v) is 12.7. The van der Waals surface area contributed by atoms with Crippen LogP contribution >= 0.6 is 0 Å². The molecule has 0 aromatic rings. The molecule has 1 saturated heterocycles. The first-order chi connectivity index (χ1) is 9.15. The van der Waals surface area contributed by atoms with Crippen molar-refractivity contribution in [1.29, 1.82) is 5.26 Å². The Morgan fingerprint density at radius 1 is 1.26 bits per heavy atom. The van der Waals surface area contributed by atoms with Gasteiger partial charge in [-0.2, -0.15) is 5.26 Å². The van der Waals surface area contributed by atoms with E-state index in [1.165, 1.54) is 51.7 Å². The van der Waals surface area contributed by atoms with E-state index in [0.29, 0.717) is 0 Å². The quantitative estimate of drug-likeness (QED) is 0.690. The number of likely N-dealkylation sites (tertiary alicyclic amines) is 1. The van der Waals surface area contributed by atoms with Gasteiger partial charge in [0.05, 0.1) is 11.5 Å². The third kappa shape index (κ3) is 3.94. The summed E-state index contributed by atoms with van der Waals surface area (Å²) in [5.74, 6) is 0. The van der Waals surface area contributed by atoms with Gasteiger partial charge in [-0.05, 0) is 72.3 Å². The fraction of sp³-hybridized carbons (Fsp3) is 0.938. The molecule has 1 aliphatic carbocycles. The predicted molar refractivity (Wildman–Crippen MR) is 78.9 cm³/mol. The normalized spacial score (nSPS) is 24.1. The standard InChI is InChI=1S/C16H29N3/c1-18-12-6-15(7-13-18)19(2)11-4-3-8-16(14-17)9-5-10-16/h15H,3-13H2,1-2H3. The Balaban J connectivity index is 1.59. The molecule has 108 valence electrons. The summed E-state index contributed by atoms with van der Waals surface area (Å²) in [5, 5.41) is 9.21. The Hall–Kier alpha value is -0.590. The molecule has 2 rings (SSSR count). The summed E-state index contributed by atoms with van der Waals surface area (Å²) in [6.07, 6.45) is 9.80. The lowest BCUT2D eigenvalue weighted by Gasteiger charge is -2.36. The first-order valence-corrected chi connectivity index (χ1v) is 7.95. The van der Waals surface area contributed by atoms with Crippen LogP contribution in [0.1, 0.15) is 51.4 Å². The average Bonchev–Trinajstić information content (AvgIpc) is 2.37. The zero-order valence-electron chi connectivity index (χ0n) is 12.7. The van der Waals surface area contributed by atoms with Crippen LogP contribution in [0, 0.1) is 16.7 Å². The molecule has 0 radical (unpaired) electrons. The van der Waals surface area contributed by atoms with Gasteiger partial charge in [-0.25, -0.2) is 0 Å². The summed E-state index contributed by atoms with van der Waals surface area (Å²) in [5.41, 5.74) is 0.0755. The summed E-state index contributed by atoms with van der Waals surface area (Å²) in [6, 6.07) is 3.33. The van der Waals surface area contributed by atoms with Crippen molar-refractivity contribution >= 4 is 0 Å². The SMILES string of the molecule is CN1CCC(N(C)CCCCC2(C#N)CCC2)CC1. The van der Waals surface area contributed by atoms with Crippen LogP contribution in [-0.2, 0) is 0 Å². The van der Waals surface area contributed by atoms with Crippen LogP contribution in [0.15, 0.2) is 0 Å².